The fraction of sp³-hybridized carbons (Fsp3) is 0.611. The van der Waals surface area contributed by atoms with E-state index >= 15 is 0 Å². The fourth-order valence-corrected chi connectivity index (χ4v) is 3.39. The first-order chi connectivity index (χ1) is 12.5. The van der Waals surface area contributed by atoms with Crippen LogP contribution in [0.25, 0.3) is 0 Å². The molecule has 2 saturated heterocycles. The molecule has 2 heterocycles. The van der Waals surface area contributed by atoms with E-state index in [9.17, 15) is 9.90 Å². The maximum absolute atomic E-state index is 12.3. The van der Waals surface area contributed by atoms with Gasteiger partial charge in [0, 0.05) is 18.8 Å². The number of hydrogen-bond acceptors (Lipinski definition) is 6. The number of rotatable bonds is 6. The maximum Gasteiger partial charge on any atom is 0.319 e. The molecule has 0 spiro atoms. The predicted molar refractivity (Wildman–Crippen MR) is 98.0 cm³/mol. The molecule has 8 nitrogen and oxygen atoms in total. The Balaban J connectivity index is 1.64. The van der Waals surface area contributed by atoms with E-state index in [0.717, 1.165) is 13.1 Å². The molecule has 0 unspecified atom stereocenters. The van der Waals surface area contributed by atoms with Gasteiger partial charge in [0.25, 0.3) is 0 Å². The number of ether oxygens (including phenoxy) is 2. The molecule has 8 heteroatoms. The van der Waals surface area contributed by atoms with Crippen molar-refractivity contribution in [2.24, 2.45) is 0 Å². The summed E-state index contributed by atoms with van der Waals surface area (Å²) in [6, 6.07) is 7.94. The molecule has 5 atom stereocenters. The van der Waals surface area contributed by atoms with Crippen molar-refractivity contribution < 1.29 is 19.4 Å². The number of anilines is 1. The number of aliphatic hydroxyl groups excluding tert-OH is 1. The zero-order valence-corrected chi connectivity index (χ0v) is 15.5. The third-order valence-electron chi connectivity index (χ3n) is 4.87. The minimum atomic E-state index is -0.782. The average Bonchev–Trinajstić information content (AvgIpc) is 3.03. The van der Waals surface area contributed by atoms with Crippen LogP contribution in [0.1, 0.15) is 0 Å². The number of benzene rings is 1. The van der Waals surface area contributed by atoms with Crippen molar-refractivity contribution in [2.45, 2.75) is 30.6 Å². The molecule has 2 bridgehead atoms. The lowest BCUT2D eigenvalue weighted by Gasteiger charge is -2.42. The number of hydrogen-bond donors (Lipinski definition) is 3. The molecule has 0 aliphatic carbocycles. The highest BCUT2D eigenvalue weighted by molar-refractivity contribution is 5.89. The second-order valence-corrected chi connectivity index (χ2v) is 7.13. The number of carbonyl (C=O) groups excluding carboxylic acids is 1. The summed E-state index contributed by atoms with van der Waals surface area (Å²) < 4.78 is 11.6. The summed E-state index contributed by atoms with van der Waals surface area (Å²) in [5.41, 5.74) is 0.691. The van der Waals surface area contributed by atoms with Gasteiger partial charge >= 0.3 is 6.03 Å². The molecular weight excluding hydrogens is 336 g/mol. The van der Waals surface area contributed by atoms with Crippen LogP contribution >= 0.6 is 0 Å². The van der Waals surface area contributed by atoms with E-state index in [-0.39, 0.29) is 18.2 Å². The van der Waals surface area contributed by atoms with Crippen molar-refractivity contribution in [1.82, 2.24) is 15.1 Å². The zero-order chi connectivity index (χ0) is 18.7. The van der Waals surface area contributed by atoms with Crippen LogP contribution in [0.5, 0.6) is 0 Å². The van der Waals surface area contributed by atoms with Gasteiger partial charge in [0.1, 0.15) is 6.10 Å². The Morgan fingerprint density at radius 2 is 1.96 bits per heavy atom. The summed E-state index contributed by atoms with van der Waals surface area (Å²) in [5, 5.41) is 16.5. The maximum atomic E-state index is 12.3. The van der Waals surface area contributed by atoms with Crippen molar-refractivity contribution in [3.05, 3.63) is 30.3 Å². The van der Waals surface area contributed by atoms with Crippen molar-refractivity contribution in [2.75, 3.05) is 46.2 Å². The molecule has 0 saturated carbocycles. The van der Waals surface area contributed by atoms with Crippen molar-refractivity contribution in [3.8, 4) is 0 Å². The van der Waals surface area contributed by atoms with Gasteiger partial charge in [0.15, 0.2) is 6.29 Å². The van der Waals surface area contributed by atoms with Crippen LogP contribution in [0.15, 0.2) is 30.3 Å². The molecule has 26 heavy (non-hydrogen) atoms. The van der Waals surface area contributed by atoms with Gasteiger partial charge in [-0.3, -0.25) is 4.90 Å². The lowest BCUT2D eigenvalue weighted by atomic mass is 9.95. The number of aliphatic hydroxyl groups is 1. The Labute approximate surface area is 154 Å². The largest absolute Gasteiger partial charge is 0.389 e. The van der Waals surface area contributed by atoms with Crippen LogP contribution in [0.4, 0.5) is 10.5 Å². The van der Waals surface area contributed by atoms with E-state index in [4.69, 9.17) is 9.47 Å². The SMILES string of the molecule is CN(C)CCN(C)[C@@H]1[C@@H]2OC[C@H](O2)[C@@H](NC(=O)Nc2ccccc2)[C@@H]1O. The van der Waals surface area contributed by atoms with E-state index in [0.29, 0.717) is 12.3 Å². The van der Waals surface area contributed by atoms with Gasteiger partial charge in [-0.15, -0.1) is 0 Å². The van der Waals surface area contributed by atoms with E-state index in [1.807, 2.05) is 44.2 Å². The quantitative estimate of drug-likeness (QED) is 0.667. The molecule has 3 N–H and O–H groups in total. The van der Waals surface area contributed by atoms with E-state index in [2.05, 4.69) is 15.5 Å². The smallest absolute Gasteiger partial charge is 0.319 e. The van der Waals surface area contributed by atoms with Gasteiger partial charge in [-0.25, -0.2) is 4.79 Å². The minimum Gasteiger partial charge on any atom is -0.389 e. The molecule has 2 fully saturated rings. The Hall–Kier alpha value is -1.71. The molecule has 3 rings (SSSR count). The topological polar surface area (TPSA) is 86.3 Å². The van der Waals surface area contributed by atoms with Crippen LogP contribution in [0, 0.1) is 0 Å². The highest BCUT2D eigenvalue weighted by atomic mass is 16.7. The van der Waals surface area contributed by atoms with Crippen molar-refractivity contribution >= 4 is 11.7 Å². The number of carbonyl (C=O) groups is 1. The first-order valence-electron chi connectivity index (χ1n) is 8.88. The summed E-state index contributed by atoms with van der Waals surface area (Å²) in [5.74, 6) is 0. The number of para-hydroxylation sites is 1. The van der Waals surface area contributed by atoms with E-state index in [1.54, 1.807) is 12.1 Å². The number of amides is 2. The summed E-state index contributed by atoms with van der Waals surface area (Å²) in [6.07, 6.45) is -1.61. The fourth-order valence-electron chi connectivity index (χ4n) is 3.39. The summed E-state index contributed by atoms with van der Waals surface area (Å²) >= 11 is 0. The first-order valence-corrected chi connectivity index (χ1v) is 8.88. The second kappa shape index (κ2) is 8.32. The molecule has 2 aliphatic heterocycles. The second-order valence-electron chi connectivity index (χ2n) is 7.13. The lowest BCUT2D eigenvalue weighted by Crippen LogP contribution is -2.65. The Kier molecular flexibility index (Phi) is 6.10. The molecule has 1 aromatic carbocycles. The molecule has 2 aliphatic rings. The number of likely N-dealkylation sites (N-methyl/N-ethyl adjacent to an activating group) is 2. The standard InChI is InChI=1S/C18H28N4O4/c1-21(2)9-10-22(3)15-16(23)14(13-11-25-17(15)26-13)20-18(24)19-12-7-5-4-6-8-12/h4-8,13-17,23H,9-11H2,1-3H3,(H2,19,20,24)/t13-,14+,15-,16-,17+/m0/s1. The number of urea groups is 1. The lowest BCUT2D eigenvalue weighted by molar-refractivity contribution is -0.177. The van der Waals surface area contributed by atoms with Gasteiger partial charge in [0.2, 0.25) is 0 Å². The summed E-state index contributed by atoms with van der Waals surface area (Å²) in [4.78, 5) is 16.4. The Morgan fingerprint density at radius 3 is 2.65 bits per heavy atom. The van der Waals surface area contributed by atoms with Gasteiger partial charge in [-0.2, -0.15) is 0 Å². The Morgan fingerprint density at radius 1 is 1.23 bits per heavy atom. The number of fused-ring (bicyclic) bond motifs is 2. The summed E-state index contributed by atoms with van der Waals surface area (Å²) in [6.45, 7) is 1.96. The molecule has 2 amide bonds. The predicted octanol–water partition coefficient (Wildman–Crippen LogP) is 0.155. The third kappa shape index (κ3) is 4.33. The monoisotopic (exact) mass is 364 g/mol. The molecule has 0 radical (unpaired) electrons. The normalized spacial score (nSPS) is 30.6. The van der Waals surface area contributed by atoms with E-state index < -0.39 is 18.4 Å². The van der Waals surface area contributed by atoms with Gasteiger partial charge in [0.05, 0.1) is 24.8 Å². The number of nitrogens with one attached hydrogen (secondary N) is 2. The average molecular weight is 364 g/mol. The summed E-state index contributed by atoms with van der Waals surface area (Å²) in [7, 11) is 5.94. The molecular formula is C18H28N4O4. The number of nitrogens with zero attached hydrogens (tertiary/aromatic N) is 2. The van der Waals surface area contributed by atoms with Crippen molar-refractivity contribution in [3.63, 3.8) is 0 Å². The minimum absolute atomic E-state index is 0.337. The Bertz CT molecular complexity index is 600. The van der Waals surface area contributed by atoms with Gasteiger partial charge in [-0.05, 0) is 33.3 Å². The van der Waals surface area contributed by atoms with Crippen LogP contribution in [0.2, 0.25) is 0 Å². The van der Waals surface area contributed by atoms with Crippen molar-refractivity contribution in [1.29, 1.82) is 0 Å². The van der Waals surface area contributed by atoms with Crippen LogP contribution in [-0.2, 0) is 9.47 Å². The van der Waals surface area contributed by atoms with Crippen LogP contribution < -0.4 is 10.6 Å². The molecule has 0 aromatic heterocycles. The first kappa shape index (κ1) is 19.1. The molecule has 144 valence electrons. The van der Waals surface area contributed by atoms with Gasteiger partial charge in [-0.1, -0.05) is 18.2 Å². The zero-order valence-electron chi connectivity index (χ0n) is 15.5. The van der Waals surface area contributed by atoms with Crippen LogP contribution in [-0.4, -0.2) is 92.4 Å². The third-order valence-corrected chi connectivity index (χ3v) is 4.87. The highest BCUT2D eigenvalue weighted by Gasteiger charge is 2.51. The highest BCUT2D eigenvalue weighted by Crippen LogP contribution is 2.30. The van der Waals surface area contributed by atoms with Crippen LogP contribution in [0.3, 0.4) is 0 Å². The molecule has 1 aromatic rings. The van der Waals surface area contributed by atoms with Gasteiger partial charge < -0.3 is 30.1 Å². The van der Waals surface area contributed by atoms with E-state index in [1.165, 1.54) is 0 Å².